The molecule has 106 valence electrons. The second-order valence-corrected chi connectivity index (χ2v) is 4.67. The maximum Gasteiger partial charge on any atom is 0.178 e. The normalized spacial score (nSPS) is 16.1. The lowest BCUT2D eigenvalue weighted by Crippen LogP contribution is -2.55. The minimum Gasteiger partial charge on any atom is -0.393 e. The summed E-state index contributed by atoms with van der Waals surface area (Å²) in [5.74, 6) is -1.41. The highest BCUT2D eigenvalue weighted by Gasteiger charge is 2.43. The molecule has 0 saturated carbocycles. The van der Waals surface area contributed by atoms with E-state index in [4.69, 9.17) is 5.11 Å². The molecule has 0 aromatic heterocycles. The van der Waals surface area contributed by atoms with Gasteiger partial charge in [-0.3, -0.25) is 9.59 Å². The number of hydrogen-bond acceptors (Lipinski definition) is 5. The number of carbonyl (C=O) groups is 2. The largest absolute Gasteiger partial charge is 0.393 e. The molecule has 0 aliphatic rings. The molecule has 0 aliphatic heterocycles. The van der Waals surface area contributed by atoms with Gasteiger partial charge < -0.3 is 15.3 Å². The van der Waals surface area contributed by atoms with E-state index in [-0.39, 0.29) is 6.42 Å². The van der Waals surface area contributed by atoms with Gasteiger partial charge in [-0.25, -0.2) is 0 Å². The molecule has 0 spiro atoms. The number of ketones is 2. The van der Waals surface area contributed by atoms with Gasteiger partial charge in [-0.15, -0.1) is 0 Å². The Hall–Kier alpha value is -0.780. The first-order valence-corrected chi connectivity index (χ1v) is 6.45. The number of carbonyl (C=O) groups excluding carboxylic acids is 2. The summed E-state index contributed by atoms with van der Waals surface area (Å²) in [4.78, 5) is 22.7. The Balaban J connectivity index is 4.20. The van der Waals surface area contributed by atoms with Crippen LogP contribution in [0.2, 0.25) is 0 Å². The quantitative estimate of drug-likeness (QED) is 0.500. The van der Waals surface area contributed by atoms with E-state index < -0.39 is 29.9 Å². The van der Waals surface area contributed by atoms with Crippen LogP contribution in [0.1, 0.15) is 52.4 Å². The molecule has 0 aromatic carbocycles. The fraction of sp³-hybridized carbons (Fsp3) is 0.846. The summed E-state index contributed by atoms with van der Waals surface area (Å²) in [6.45, 7) is 2.17. The molecule has 18 heavy (non-hydrogen) atoms. The monoisotopic (exact) mass is 260 g/mol. The van der Waals surface area contributed by atoms with Crippen LogP contribution in [0.5, 0.6) is 0 Å². The summed E-state index contributed by atoms with van der Waals surface area (Å²) in [6, 6.07) is 0. The van der Waals surface area contributed by atoms with Gasteiger partial charge in [0.2, 0.25) is 0 Å². The Bertz CT molecular complexity index is 277. The Morgan fingerprint density at radius 3 is 2.17 bits per heavy atom. The minimum atomic E-state index is -2.36. The summed E-state index contributed by atoms with van der Waals surface area (Å²) < 4.78 is 0. The minimum absolute atomic E-state index is 0.112. The van der Waals surface area contributed by atoms with Gasteiger partial charge in [0.15, 0.2) is 23.3 Å². The summed E-state index contributed by atoms with van der Waals surface area (Å²) in [7, 11) is 0. The van der Waals surface area contributed by atoms with E-state index in [1.165, 1.54) is 0 Å². The third kappa shape index (κ3) is 4.84. The maximum atomic E-state index is 11.6. The van der Waals surface area contributed by atoms with E-state index >= 15 is 0 Å². The molecule has 0 amide bonds. The average Bonchev–Trinajstić information content (AvgIpc) is 2.36. The van der Waals surface area contributed by atoms with E-state index in [0.717, 1.165) is 32.6 Å². The highest BCUT2D eigenvalue weighted by Crippen LogP contribution is 2.16. The predicted molar refractivity (Wildman–Crippen MR) is 67.1 cm³/mol. The van der Waals surface area contributed by atoms with E-state index in [1.807, 2.05) is 0 Å². The molecule has 2 unspecified atom stereocenters. The van der Waals surface area contributed by atoms with E-state index in [2.05, 4.69) is 6.92 Å². The zero-order chi connectivity index (χ0) is 14.2. The standard InChI is InChI=1S/C13H24O5/c1-3-4-5-6-7-8-11(16)12(17)13(18,9-14)10(2)15/h12,14,17-18H,3-9H2,1-2H3. The predicted octanol–water partition coefficient (Wildman–Crippen LogP) is 0.589. The molecule has 0 saturated heterocycles. The highest BCUT2D eigenvalue weighted by atomic mass is 16.4. The number of rotatable bonds is 10. The Morgan fingerprint density at radius 1 is 1.17 bits per heavy atom. The third-order valence-corrected chi connectivity index (χ3v) is 3.13. The first-order valence-electron chi connectivity index (χ1n) is 6.45. The van der Waals surface area contributed by atoms with Crippen LogP contribution < -0.4 is 0 Å². The first-order chi connectivity index (χ1) is 8.40. The van der Waals surface area contributed by atoms with Crippen molar-refractivity contribution in [3.05, 3.63) is 0 Å². The van der Waals surface area contributed by atoms with Crippen molar-refractivity contribution in [3.63, 3.8) is 0 Å². The lowest BCUT2D eigenvalue weighted by Gasteiger charge is -2.27. The molecular weight excluding hydrogens is 236 g/mol. The Morgan fingerprint density at radius 2 is 1.72 bits per heavy atom. The van der Waals surface area contributed by atoms with Crippen molar-refractivity contribution in [1.82, 2.24) is 0 Å². The molecule has 2 atom stereocenters. The lowest BCUT2D eigenvalue weighted by molar-refractivity contribution is -0.164. The molecule has 0 aliphatic carbocycles. The summed E-state index contributed by atoms with van der Waals surface area (Å²) >= 11 is 0. The number of aliphatic hydroxyl groups is 3. The van der Waals surface area contributed by atoms with Crippen molar-refractivity contribution < 1.29 is 24.9 Å². The van der Waals surface area contributed by atoms with Crippen molar-refractivity contribution >= 4 is 11.6 Å². The van der Waals surface area contributed by atoms with E-state index in [9.17, 15) is 19.8 Å². The number of hydrogen-bond donors (Lipinski definition) is 3. The van der Waals surface area contributed by atoms with Gasteiger partial charge in [0.25, 0.3) is 0 Å². The molecule has 5 nitrogen and oxygen atoms in total. The van der Waals surface area contributed by atoms with Gasteiger partial charge in [-0.1, -0.05) is 32.6 Å². The van der Waals surface area contributed by atoms with Crippen molar-refractivity contribution in [2.75, 3.05) is 6.61 Å². The summed E-state index contributed by atoms with van der Waals surface area (Å²) in [5, 5.41) is 28.3. The van der Waals surface area contributed by atoms with Gasteiger partial charge >= 0.3 is 0 Å². The molecule has 0 fully saturated rings. The molecule has 5 heteroatoms. The van der Waals surface area contributed by atoms with Crippen LogP contribution in [0, 0.1) is 0 Å². The number of unbranched alkanes of at least 4 members (excludes halogenated alkanes) is 4. The molecule has 0 aromatic rings. The summed E-state index contributed by atoms with van der Waals surface area (Å²) in [6.07, 6.45) is 3.00. The lowest BCUT2D eigenvalue weighted by atomic mass is 9.89. The first kappa shape index (κ1) is 17.2. The second-order valence-electron chi connectivity index (χ2n) is 4.67. The Kier molecular flexibility index (Phi) is 7.98. The van der Waals surface area contributed by atoms with E-state index in [0.29, 0.717) is 6.42 Å². The van der Waals surface area contributed by atoms with Crippen molar-refractivity contribution in [2.45, 2.75) is 64.1 Å². The van der Waals surface area contributed by atoms with Crippen LogP contribution >= 0.6 is 0 Å². The molecule has 0 heterocycles. The fourth-order valence-corrected chi connectivity index (χ4v) is 1.70. The van der Waals surface area contributed by atoms with Gasteiger partial charge in [-0.05, 0) is 13.3 Å². The topological polar surface area (TPSA) is 94.8 Å². The Labute approximate surface area is 108 Å². The number of aliphatic hydroxyl groups excluding tert-OH is 2. The fourth-order valence-electron chi connectivity index (χ4n) is 1.70. The highest BCUT2D eigenvalue weighted by molar-refractivity contribution is 5.95. The molecule has 0 radical (unpaired) electrons. The van der Waals surface area contributed by atoms with Gasteiger partial charge in [0.05, 0.1) is 6.61 Å². The van der Waals surface area contributed by atoms with Gasteiger partial charge in [0, 0.05) is 6.42 Å². The van der Waals surface area contributed by atoms with Crippen LogP contribution in [0.4, 0.5) is 0 Å². The molecular formula is C13H24O5. The average molecular weight is 260 g/mol. The van der Waals surface area contributed by atoms with Gasteiger partial charge in [-0.2, -0.15) is 0 Å². The van der Waals surface area contributed by atoms with Crippen LogP contribution in [0.3, 0.4) is 0 Å². The smallest absolute Gasteiger partial charge is 0.178 e. The second kappa shape index (κ2) is 8.34. The molecule has 0 bridgehead atoms. The van der Waals surface area contributed by atoms with E-state index in [1.54, 1.807) is 0 Å². The molecule has 0 rings (SSSR count). The van der Waals surface area contributed by atoms with Gasteiger partial charge in [0.1, 0.15) is 0 Å². The van der Waals surface area contributed by atoms with Crippen LogP contribution in [-0.4, -0.2) is 45.2 Å². The van der Waals surface area contributed by atoms with Crippen LogP contribution in [0.25, 0.3) is 0 Å². The number of Topliss-reactive ketones (excluding diaryl/α,β-unsaturated/α-hetero) is 2. The summed E-state index contributed by atoms with van der Waals surface area (Å²) in [5.41, 5.74) is -2.36. The molecule has 3 N–H and O–H groups in total. The zero-order valence-corrected chi connectivity index (χ0v) is 11.2. The maximum absolute atomic E-state index is 11.6. The zero-order valence-electron chi connectivity index (χ0n) is 11.2. The van der Waals surface area contributed by atoms with Crippen molar-refractivity contribution in [2.24, 2.45) is 0 Å². The van der Waals surface area contributed by atoms with Crippen LogP contribution in [0.15, 0.2) is 0 Å². The third-order valence-electron chi connectivity index (χ3n) is 3.13. The van der Waals surface area contributed by atoms with Crippen molar-refractivity contribution in [3.8, 4) is 0 Å². The SMILES string of the molecule is CCCCCCCC(=O)C(O)C(O)(CO)C(C)=O. The van der Waals surface area contributed by atoms with Crippen molar-refractivity contribution in [1.29, 1.82) is 0 Å². The van der Waals surface area contributed by atoms with Crippen LogP contribution in [-0.2, 0) is 9.59 Å².